The first-order valence-corrected chi connectivity index (χ1v) is 5.93. The molecule has 0 saturated heterocycles. The molecule has 2 aromatic rings. The first kappa shape index (κ1) is 12.9. The molecular weight excluding hydrogens is 242 g/mol. The second-order valence-corrected chi connectivity index (χ2v) is 4.15. The Morgan fingerprint density at radius 1 is 1.21 bits per heavy atom. The minimum atomic E-state index is -0.223. The summed E-state index contributed by atoms with van der Waals surface area (Å²) in [6.07, 6.45) is 2.15. The Labute approximate surface area is 111 Å². The summed E-state index contributed by atoms with van der Waals surface area (Å²) in [7, 11) is 0. The van der Waals surface area contributed by atoms with Crippen molar-refractivity contribution in [3.63, 3.8) is 0 Å². The van der Waals surface area contributed by atoms with E-state index in [9.17, 15) is 4.79 Å². The molecule has 19 heavy (non-hydrogen) atoms. The molecule has 2 rings (SSSR count). The molecule has 0 aliphatic carbocycles. The maximum Gasteiger partial charge on any atom is 0.269 e. The summed E-state index contributed by atoms with van der Waals surface area (Å²) in [5, 5.41) is 11.9. The summed E-state index contributed by atoms with van der Waals surface area (Å²) in [6.45, 7) is 0.510. The standard InChI is InChI=1S/C14H15N3O2/c15-11-3-6-13(17-9-11)14(19)16-8-7-10-1-4-12(18)5-2-10/h1-6,9,18H,7-8,15H2,(H,16,19). The van der Waals surface area contributed by atoms with Crippen LogP contribution in [0.25, 0.3) is 0 Å². The number of aromatic hydroxyl groups is 1. The third-order valence-corrected chi connectivity index (χ3v) is 2.65. The maximum absolute atomic E-state index is 11.7. The van der Waals surface area contributed by atoms with Gasteiger partial charge in [-0.3, -0.25) is 4.79 Å². The molecule has 0 saturated carbocycles. The van der Waals surface area contributed by atoms with Gasteiger partial charge in [-0.25, -0.2) is 4.98 Å². The number of carbonyl (C=O) groups is 1. The van der Waals surface area contributed by atoms with Gasteiger partial charge in [0.2, 0.25) is 0 Å². The number of hydrogen-bond donors (Lipinski definition) is 3. The molecule has 4 N–H and O–H groups in total. The number of phenolic OH excluding ortho intramolecular Hbond substituents is 1. The van der Waals surface area contributed by atoms with Crippen molar-refractivity contribution in [2.45, 2.75) is 6.42 Å². The van der Waals surface area contributed by atoms with Crippen molar-refractivity contribution in [1.82, 2.24) is 10.3 Å². The van der Waals surface area contributed by atoms with Crippen LogP contribution in [0.3, 0.4) is 0 Å². The lowest BCUT2D eigenvalue weighted by molar-refractivity contribution is 0.0949. The van der Waals surface area contributed by atoms with Crippen molar-refractivity contribution >= 4 is 11.6 Å². The van der Waals surface area contributed by atoms with Crippen LogP contribution in [-0.2, 0) is 6.42 Å². The number of benzene rings is 1. The second-order valence-electron chi connectivity index (χ2n) is 4.15. The molecule has 1 aromatic heterocycles. The molecule has 5 heteroatoms. The Morgan fingerprint density at radius 3 is 2.58 bits per heavy atom. The Hall–Kier alpha value is -2.56. The average Bonchev–Trinajstić information content (AvgIpc) is 2.41. The van der Waals surface area contributed by atoms with E-state index in [0.29, 0.717) is 24.3 Å². The summed E-state index contributed by atoms with van der Waals surface area (Å²) in [5.74, 6) is 0.0117. The summed E-state index contributed by atoms with van der Waals surface area (Å²) < 4.78 is 0. The first-order chi connectivity index (χ1) is 9.15. The van der Waals surface area contributed by atoms with Crippen LogP contribution in [0.2, 0.25) is 0 Å². The van der Waals surface area contributed by atoms with Crippen molar-refractivity contribution in [2.24, 2.45) is 0 Å². The third-order valence-electron chi connectivity index (χ3n) is 2.65. The van der Waals surface area contributed by atoms with Crippen LogP contribution in [0.15, 0.2) is 42.6 Å². The van der Waals surface area contributed by atoms with E-state index < -0.39 is 0 Å². The first-order valence-electron chi connectivity index (χ1n) is 5.93. The molecule has 0 unspecified atom stereocenters. The average molecular weight is 257 g/mol. The van der Waals surface area contributed by atoms with Crippen LogP contribution in [0.4, 0.5) is 5.69 Å². The number of phenols is 1. The quantitative estimate of drug-likeness (QED) is 0.771. The molecule has 1 amide bonds. The number of nitrogens with two attached hydrogens (primary N) is 1. The number of nitrogens with zero attached hydrogens (tertiary/aromatic N) is 1. The minimum Gasteiger partial charge on any atom is -0.508 e. The lowest BCUT2D eigenvalue weighted by Crippen LogP contribution is -2.26. The highest BCUT2D eigenvalue weighted by Gasteiger charge is 2.05. The highest BCUT2D eigenvalue weighted by Crippen LogP contribution is 2.09. The number of hydrogen-bond acceptors (Lipinski definition) is 4. The predicted molar refractivity (Wildman–Crippen MR) is 72.8 cm³/mol. The minimum absolute atomic E-state index is 0.223. The van der Waals surface area contributed by atoms with E-state index in [1.54, 1.807) is 24.3 Å². The van der Waals surface area contributed by atoms with Gasteiger partial charge in [-0.2, -0.15) is 0 Å². The summed E-state index contributed by atoms with van der Waals surface area (Å²) >= 11 is 0. The van der Waals surface area contributed by atoms with Crippen molar-refractivity contribution < 1.29 is 9.90 Å². The van der Waals surface area contributed by atoms with Gasteiger partial charge >= 0.3 is 0 Å². The normalized spacial score (nSPS) is 10.1. The SMILES string of the molecule is Nc1ccc(C(=O)NCCc2ccc(O)cc2)nc1. The van der Waals surface area contributed by atoms with Crippen molar-refractivity contribution in [3.05, 3.63) is 53.9 Å². The van der Waals surface area contributed by atoms with Crippen molar-refractivity contribution in [1.29, 1.82) is 0 Å². The summed E-state index contributed by atoms with van der Waals surface area (Å²) in [6, 6.07) is 10.1. The Kier molecular flexibility index (Phi) is 3.97. The van der Waals surface area contributed by atoms with Gasteiger partial charge in [0.15, 0.2) is 0 Å². The topological polar surface area (TPSA) is 88.2 Å². The van der Waals surface area contributed by atoms with Gasteiger partial charge in [0, 0.05) is 6.54 Å². The molecule has 5 nitrogen and oxygen atoms in total. The van der Waals surface area contributed by atoms with Gasteiger partial charge in [0.05, 0.1) is 11.9 Å². The number of anilines is 1. The number of nitrogen functional groups attached to an aromatic ring is 1. The fraction of sp³-hybridized carbons (Fsp3) is 0.143. The monoisotopic (exact) mass is 257 g/mol. The fourth-order valence-electron chi connectivity index (χ4n) is 1.61. The van der Waals surface area contributed by atoms with E-state index in [-0.39, 0.29) is 11.7 Å². The van der Waals surface area contributed by atoms with E-state index in [4.69, 9.17) is 10.8 Å². The van der Waals surface area contributed by atoms with Gasteiger partial charge in [-0.05, 0) is 36.2 Å². The fourth-order valence-corrected chi connectivity index (χ4v) is 1.61. The van der Waals surface area contributed by atoms with E-state index >= 15 is 0 Å². The molecular formula is C14H15N3O2. The smallest absolute Gasteiger partial charge is 0.269 e. The van der Waals surface area contributed by atoms with Gasteiger partial charge in [-0.15, -0.1) is 0 Å². The van der Waals surface area contributed by atoms with E-state index in [2.05, 4.69) is 10.3 Å². The predicted octanol–water partition coefficient (Wildman–Crippen LogP) is 1.34. The van der Waals surface area contributed by atoms with Gasteiger partial charge < -0.3 is 16.2 Å². The van der Waals surface area contributed by atoms with Crippen LogP contribution in [0.5, 0.6) is 5.75 Å². The van der Waals surface area contributed by atoms with E-state index in [0.717, 1.165) is 5.56 Å². The molecule has 98 valence electrons. The van der Waals surface area contributed by atoms with Crippen LogP contribution in [0, 0.1) is 0 Å². The molecule has 1 aromatic carbocycles. The molecule has 0 aliphatic rings. The largest absolute Gasteiger partial charge is 0.508 e. The Balaban J connectivity index is 1.84. The number of pyridine rings is 1. The summed E-state index contributed by atoms with van der Waals surface area (Å²) in [4.78, 5) is 15.7. The molecule has 1 heterocycles. The molecule has 0 spiro atoms. The van der Waals surface area contributed by atoms with Crippen LogP contribution >= 0.6 is 0 Å². The Morgan fingerprint density at radius 2 is 1.95 bits per heavy atom. The highest BCUT2D eigenvalue weighted by atomic mass is 16.3. The zero-order chi connectivity index (χ0) is 13.7. The van der Waals surface area contributed by atoms with Gasteiger partial charge in [-0.1, -0.05) is 12.1 Å². The molecule has 0 fully saturated rings. The van der Waals surface area contributed by atoms with Crippen molar-refractivity contribution in [2.75, 3.05) is 12.3 Å². The molecule has 0 aliphatic heterocycles. The van der Waals surface area contributed by atoms with Crippen LogP contribution in [-0.4, -0.2) is 22.5 Å². The molecule has 0 bridgehead atoms. The molecule has 0 atom stereocenters. The second kappa shape index (κ2) is 5.86. The number of amides is 1. The number of nitrogens with one attached hydrogen (secondary N) is 1. The lowest BCUT2D eigenvalue weighted by Gasteiger charge is -2.05. The Bertz CT molecular complexity index is 550. The third kappa shape index (κ3) is 3.70. The van der Waals surface area contributed by atoms with E-state index in [1.807, 2.05) is 12.1 Å². The highest BCUT2D eigenvalue weighted by molar-refractivity contribution is 5.92. The zero-order valence-corrected chi connectivity index (χ0v) is 10.3. The van der Waals surface area contributed by atoms with Gasteiger partial charge in [0.25, 0.3) is 5.91 Å². The zero-order valence-electron chi connectivity index (χ0n) is 10.3. The van der Waals surface area contributed by atoms with Crippen LogP contribution < -0.4 is 11.1 Å². The van der Waals surface area contributed by atoms with Crippen molar-refractivity contribution in [3.8, 4) is 5.75 Å². The molecule has 0 radical (unpaired) electrons. The summed E-state index contributed by atoms with van der Waals surface area (Å²) in [5.41, 5.74) is 7.42. The van der Waals surface area contributed by atoms with E-state index in [1.165, 1.54) is 6.20 Å². The van der Waals surface area contributed by atoms with Gasteiger partial charge in [0.1, 0.15) is 11.4 Å². The number of carbonyl (C=O) groups excluding carboxylic acids is 1. The maximum atomic E-state index is 11.7. The number of rotatable bonds is 4. The van der Waals surface area contributed by atoms with Crippen LogP contribution in [0.1, 0.15) is 16.1 Å². The number of aromatic nitrogens is 1. The lowest BCUT2D eigenvalue weighted by atomic mass is 10.1.